The van der Waals surface area contributed by atoms with Crippen LogP contribution in [0.2, 0.25) is 0 Å². The minimum absolute atomic E-state index is 0.927. The van der Waals surface area contributed by atoms with E-state index < -0.39 is 7.26 Å². The van der Waals surface area contributed by atoms with Gasteiger partial charge in [0.2, 0.25) is 0 Å². The highest BCUT2D eigenvalue weighted by Crippen LogP contribution is 2.56. The molecule has 0 aliphatic heterocycles. The van der Waals surface area contributed by atoms with Crippen molar-refractivity contribution in [1.29, 1.82) is 0 Å². The second-order valence-corrected chi connectivity index (χ2v) is 15.7. The van der Waals surface area contributed by atoms with E-state index in [2.05, 4.69) is 169 Å². The molecule has 0 unspecified atom stereocenters. The smallest absolute Gasteiger partial charge is 0.144 e. The molecule has 45 heavy (non-hydrogen) atoms. The van der Waals surface area contributed by atoms with Crippen LogP contribution in [0.1, 0.15) is 33.4 Å². The Morgan fingerprint density at radius 3 is 1.00 bits per heavy atom. The van der Waals surface area contributed by atoms with Gasteiger partial charge in [-0.1, -0.05) is 90.0 Å². The molecule has 6 aromatic rings. The average molecular weight is 606 g/mol. The number of ether oxygens (including phenoxy) is 1. The Bertz CT molecular complexity index is 1750. The van der Waals surface area contributed by atoms with Crippen molar-refractivity contribution in [2.45, 2.75) is 41.5 Å². The molecule has 0 fully saturated rings. The normalized spacial score (nSPS) is 11.4. The van der Waals surface area contributed by atoms with E-state index in [0.717, 1.165) is 16.9 Å². The van der Waals surface area contributed by atoms with E-state index >= 15 is 0 Å². The zero-order chi connectivity index (χ0) is 31.7. The van der Waals surface area contributed by atoms with E-state index in [1.165, 1.54) is 65.7 Å². The first-order valence-electron chi connectivity index (χ1n) is 15.7. The summed E-state index contributed by atoms with van der Waals surface area (Å²) in [6.07, 6.45) is 0. The van der Waals surface area contributed by atoms with Crippen molar-refractivity contribution in [3.05, 3.63) is 161 Å². The summed E-state index contributed by atoms with van der Waals surface area (Å²) in [5, 5.41) is 5.31. The molecule has 0 bridgehead atoms. The molecule has 0 N–H and O–H groups in total. The van der Waals surface area contributed by atoms with Crippen LogP contribution in [0.5, 0.6) is 5.75 Å². The minimum Gasteiger partial charge on any atom is -0.495 e. The first kappa shape index (κ1) is 30.6. The molecule has 0 saturated carbocycles. The zero-order valence-corrected chi connectivity index (χ0v) is 28.4. The van der Waals surface area contributed by atoms with E-state index in [4.69, 9.17) is 4.74 Å². The minimum atomic E-state index is -2.37. The monoisotopic (exact) mass is 605 g/mol. The molecule has 0 saturated heterocycles. The lowest BCUT2D eigenvalue weighted by Gasteiger charge is -2.30. The van der Waals surface area contributed by atoms with Crippen LogP contribution < -0.4 is 26.0 Å². The van der Waals surface area contributed by atoms with Crippen molar-refractivity contribution < 1.29 is 4.74 Å². The van der Waals surface area contributed by atoms with Crippen molar-refractivity contribution in [3.8, 4) is 28.0 Å². The van der Waals surface area contributed by atoms with Crippen LogP contribution in [0.4, 0.5) is 0 Å². The van der Waals surface area contributed by atoms with Gasteiger partial charge in [0.05, 0.1) is 7.11 Å². The standard InChI is InChI=1S/C43H42OP/c1-29-23-31(3)41(32(4)24-29)39-27-38(28-40(43(39)44-7)42-33(5)25-30(2)26-34(42)6)45(35-17-11-8-12-18-35,36-19-13-9-14-20-36)37-21-15-10-16-22-37/h8-28H,1-7H3/q+1. The number of hydrogen-bond donors (Lipinski definition) is 0. The molecule has 0 spiro atoms. The first-order valence-corrected chi connectivity index (χ1v) is 17.5. The highest BCUT2D eigenvalue weighted by atomic mass is 31.2. The predicted molar refractivity (Wildman–Crippen MR) is 197 cm³/mol. The van der Waals surface area contributed by atoms with Crippen LogP contribution in [0.15, 0.2) is 127 Å². The molecule has 224 valence electrons. The van der Waals surface area contributed by atoms with Crippen LogP contribution in [-0.4, -0.2) is 7.11 Å². The number of rotatable bonds is 7. The van der Waals surface area contributed by atoms with E-state index in [1.54, 1.807) is 0 Å². The molecule has 0 aromatic heterocycles. The topological polar surface area (TPSA) is 9.23 Å². The Labute approximate surface area is 269 Å². The Morgan fingerprint density at radius 1 is 0.400 bits per heavy atom. The highest BCUT2D eigenvalue weighted by Gasteiger charge is 2.48. The number of methoxy groups -OCH3 is 1. The Kier molecular flexibility index (Phi) is 8.50. The molecule has 0 heterocycles. The zero-order valence-electron chi connectivity index (χ0n) is 27.5. The summed E-state index contributed by atoms with van der Waals surface area (Å²) in [5.74, 6) is 0.927. The number of aryl methyl sites for hydroxylation is 6. The van der Waals surface area contributed by atoms with E-state index in [1.807, 2.05) is 7.11 Å². The van der Waals surface area contributed by atoms with Crippen molar-refractivity contribution in [2.75, 3.05) is 7.11 Å². The highest BCUT2D eigenvalue weighted by molar-refractivity contribution is 8.01. The molecule has 0 amide bonds. The largest absolute Gasteiger partial charge is 0.495 e. The Balaban J connectivity index is 1.86. The van der Waals surface area contributed by atoms with Gasteiger partial charge >= 0.3 is 0 Å². The lowest BCUT2D eigenvalue weighted by atomic mass is 9.88. The molecule has 0 radical (unpaired) electrons. The quantitative estimate of drug-likeness (QED) is 0.165. The lowest BCUT2D eigenvalue weighted by Crippen LogP contribution is -2.38. The van der Waals surface area contributed by atoms with Crippen LogP contribution in [0.25, 0.3) is 22.3 Å². The molecule has 0 atom stereocenters. The third-order valence-electron chi connectivity index (χ3n) is 8.99. The molecule has 2 heteroatoms. The van der Waals surface area contributed by atoms with Gasteiger partial charge in [0, 0.05) is 11.1 Å². The average Bonchev–Trinajstić information content (AvgIpc) is 3.02. The van der Waals surface area contributed by atoms with E-state index in [9.17, 15) is 0 Å². The fraction of sp³-hybridized carbons (Fsp3) is 0.163. The molecule has 6 rings (SSSR count). The van der Waals surface area contributed by atoms with E-state index in [-0.39, 0.29) is 0 Å². The molecule has 6 aromatic carbocycles. The summed E-state index contributed by atoms with van der Waals surface area (Å²) in [6, 6.07) is 47.5. The Hall–Kier alpha value is -4.45. The summed E-state index contributed by atoms with van der Waals surface area (Å²) in [4.78, 5) is 0. The lowest BCUT2D eigenvalue weighted by molar-refractivity contribution is 0.418. The molecular weight excluding hydrogens is 563 g/mol. The first-order chi connectivity index (χ1) is 21.7. The maximum Gasteiger partial charge on any atom is 0.144 e. The fourth-order valence-corrected chi connectivity index (χ4v) is 11.7. The third-order valence-corrected chi connectivity index (χ3v) is 13.2. The molecule has 0 aliphatic carbocycles. The maximum absolute atomic E-state index is 6.46. The van der Waals surface area contributed by atoms with Gasteiger partial charge in [-0.15, -0.1) is 0 Å². The second-order valence-electron chi connectivity index (χ2n) is 12.3. The summed E-state index contributed by atoms with van der Waals surface area (Å²) in [7, 11) is -0.539. The van der Waals surface area contributed by atoms with Gasteiger partial charge in [0.25, 0.3) is 0 Å². The fourth-order valence-electron chi connectivity index (χ4n) is 7.46. The van der Waals surface area contributed by atoms with Gasteiger partial charge in [0.1, 0.15) is 34.2 Å². The van der Waals surface area contributed by atoms with Gasteiger partial charge in [-0.3, -0.25) is 0 Å². The summed E-state index contributed by atoms with van der Waals surface area (Å²) < 4.78 is 6.46. The van der Waals surface area contributed by atoms with Crippen molar-refractivity contribution in [3.63, 3.8) is 0 Å². The van der Waals surface area contributed by atoms with Gasteiger partial charge in [-0.2, -0.15) is 0 Å². The van der Waals surface area contributed by atoms with Crippen molar-refractivity contribution in [1.82, 2.24) is 0 Å². The molecular formula is C43H42OP+. The summed E-state index contributed by atoms with van der Waals surface area (Å²) in [5.41, 5.74) is 12.4. The van der Waals surface area contributed by atoms with Gasteiger partial charge in [0.15, 0.2) is 0 Å². The molecule has 0 aliphatic rings. The van der Waals surface area contributed by atoms with Crippen LogP contribution in [0.3, 0.4) is 0 Å². The van der Waals surface area contributed by atoms with Gasteiger partial charge in [-0.05, 0) is 123 Å². The summed E-state index contributed by atoms with van der Waals surface area (Å²) in [6.45, 7) is 13.3. The van der Waals surface area contributed by atoms with Gasteiger partial charge in [-0.25, -0.2) is 0 Å². The van der Waals surface area contributed by atoms with E-state index in [0.29, 0.717) is 0 Å². The van der Waals surface area contributed by atoms with Gasteiger partial charge < -0.3 is 4.74 Å². The van der Waals surface area contributed by atoms with Crippen LogP contribution >= 0.6 is 7.26 Å². The number of benzene rings is 6. The number of hydrogen-bond acceptors (Lipinski definition) is 1. The Morgan fingerprint density at radius 2 is 0.711 bits per heavy atom. The van der Waals surface area contributed by atoms with Crippen LogP contribution in [-0.2, 0) is 0 Å². The van der Waals surface area contributed by atoms with Crippen molar-refractivity contribution in [2.24, 2.45) is 0 Å². The predicted octanol–water partition coefficient (Wildman–Crippen LogP) is 9.50. The molecule has 1 nitrogen and oxygen atoms in total. The maximum atomic E-state index is 6.46. The summed E-state index contributed by atoms with van der Waals surface area (Å²) >= 11 is 0. The SMILES string of the molecule is COc1c(-c2c(C)cc(C)cc2C)cc([P+](c2ccccc2)(c2ccccc2)c2ccccc2)cc1-c1c(C)cc(C)cc1C. The second kappa shape index (κ2) is 12.5. The van der Waals surface area contributed by atoms with Crippen LogP contribution in [0, 0.1) is 41.5 Å². The van der Waals surface area contributed by atoms with Crippen molar-refractivity contribution >= 4 is 28.5 Å². The third kappa shape index (κ3) is 5.41.